The predicted octanol–water partition coefficient (Wildman–Crippen LogP) is 3.27. The summed E-state index contributed by atoms with van der Waals surface area (Å²) < 4.78 is 17.4. The van der Waals surface area contributed by atoms with Crippen LogP contribution in [0.25, 0.3) is 0 Å². The standard InChI is InChI=1S/C23H20O6/c1-11(24)27-10-12-8-16-19(21(26)14-7-5-4-6-13(14)20(16)25)15-9-17-22(18(12)15)29-23(2,3)28-17/h4-8,17,22H,9-10H2,1-3H3. The van der Waals surface area contributed by atoms with Gasteiger partial charge in [0.1, 0.15) is 12.7 Å². The van der Waals surface area contributed by atoms with Crippen LogP contribution in [0.2, 0.25) is 0 Å². The zero-order chi connectivity index (χ0) is 20.5. The van der Waals surface area contributed by atoms with E-state index in [0.29, 0.717) is 34.2 Å². The van der Waals surface area contributed by atoms with Crippen LogP contribution in [0.3, 0.4) is 0 Å². The van der Waals surface area contributed by atoms with Crippen molar-refractivity contribution in [3.63, 3.8) is 0 Å². The van der Waals surface area contributed by atoms with Crippen molar-refractivity contribution >= 4 is 17.5 Å². The lowest BCUT2D eigenvalue weighted by Crippen LogP contribution is -2.26. The van der Waals surface area contributed by atoms with E-state index in [9.17, 15) is 14.4 Å². The molecule has 1 heterocycles. The van der Waals surface area contributed by atoms with E-state index in [2.05, 4.69) is 0 Å². The molecule has 6 heteroatoms. The summed E-state index contributed by atoms with van der Waals surface area (Å²) in [6.07, 6.45) is -0.139. The molecule has 148 valence electrons. The molecule has 2 aromatic carbocycles. The van der Waals surface area contributed by atoms with Crippen molar-refractivity contribution in [2.45, 2.75) is 51.8 Å². The van der Waals surface area contributed by atoms with Crippen LogP contribution in [-0.4, -0.2) is 29.4 Å². The third kappa shape index (κ3) is 2.67. The first kappa shape index (κ1) is 18.2. The Labute approximate surface area is 167 Å². The van der Waals surface area contributed by atoms with E-state index in [1.54, 1.807) is 30.3 Å². The summed E-state index contributed by atoms with van der Waals surface area (Å²) in [6, 6.07) is 8.54. The number of esters is 1. The van der Waals surface area contributed by atoms with Crippen molar-refractivity contribution in [2.75, 3.05) is 0 Å². The van der Waals surface area contributed by atoms with Crippen LogP contribution in [0.15, 0.2) is 30.3 Å². The maximum Gasteiger partial charge on any atom is 0.302 e. The number of benzene rings is 2. The summed E-state index contributed by atoms with van der Waals surface area (Å²) in [5.74, 6) is -1.51. The average Bonchev–Trinajstić information content (AvgIpc) is 3.15. The molecule has 2 unspecified atom stereocenters. The molecule has 0 aromatic heterocycles. The summed E-state index contributed by atoms with van der Waals surface area (Å²) >= 11 is 0. The molecule has 6 nitrogen and oxygen atoms in total. The topological polar surface area (TPSA) is 78.9 Å². The average molecular weight is 392 g/mol. The van der Waals surface area contributed by atoms with E-state index in [0.717, 1.165) is 11.1 Å². The number of hydrogen-bond acceptors (Lipinski definition) is 6. The molecular weight excluding hydrogens is 372 g/mol. The molecule has 1 saturated heterocycles. The fourth-order valence-electron chi connectivity index (χ4n) is 4.71. The van der Waals surface area contributed by atoms with Gasteiger partial charge < -0.3 is 14.2 Å². The van der Waals surface area contributed by atoms with Crippen LogP contribution in [0, 0.1) is 0 Å². The Morgan fingerprint density at radius 1 is 1.10 bits per heavy atom. The maximum absolute atomic E-state index is 13.3. The van der Waals surface area contributed by atoms with Crippen molar-refractivity contribution in [1.82, 2.24) is 0 Å². The fraction of sp³-hybridized carbons (Fsp3) is 0.348. The highest BCUT2D eigenvalue weighted by molar-refractivity contribution is 6.29. The highest BCUT2D eigenvalue weighted by atomic mass is 16.8. The first-order valence-corrected chi connectivity index (χ1v) is 9.63. The zero-order valence-electron chi connectivity index (χ0n) is 16.4. The van der Waals surface area contributed by atoms with Crippen LogP contribution in [-0.2, 0) is 32.0 Å². The number of carbonyl (C=O) groups excluding carboxylic acids is 3. The van der Waals surface area contributed by atoms with E-state index >= 15 is 0 Å². The normalized spacial score (nSPS) is 23.3. The second-order valence-electron chi connectivity index (χ2n) is 8.13. The number of hydrogen-bond donors (Lipinski definition) is 0. The van der Waals surface area contributed by atoms with Crippen LogP contribution < -0.4 is 0 Å². The third-order valence-electron chi connectivity index (χ3n) is 5.75. The highest BCUT2D eigenvalue weighted by Gasteiger charge is 2.50. The molecule has 1 aliphatic heterocycles. The van der Waals surface area contributed by atoms with Crippen molar-refractivity contribution in [1.29, 1.82) is 0 Å². The van der Waals surface area contributed by atoms with Gasteiger partial charge in [-0.25, -0.2) is 0 Å². The molecule has 3 aliphatic rings. The minimum atomic E-state index is -0.742. The lowest BCUT2D eigenvalue weighted by Gasteiger charge is -2.25. The molecule has 0 saturated carbocycles. The summed E-state index contributed by atoms with van der Waals surface area (Å²) in [6.45, 7) is 5.05. The molecule has 0 amide bonds. The first-order chi connectivity index (χ1) is 13.8. The van der Waals surface area contributed by atoms with Gasteiger partial charge in [0.2, 0.25) is 0 Å². The maximum atomic E-state index is 13.3. The van der Waals surface area contributed by atoms with Crippen LogP contribution in [0.1, 0.15) is 75.4 Å². The Kier molecular flexibility index (Phi) is 3.82. The quantitative estimate of drug-likeness (QED) is 0.623. The molecule has 2 atom stereocenters. The molecule has 1 fully saturated rings. The minimum Gasteiger partial charge on any atom is -0.461 e. The van der Waals surface area contributed by atoms with Gasteiger partial charge in [-0.05, 0) is 36.6 Å². The Balaban J connectivity index is 1.72. The summed E-state index contributed by atoms with van der Waals surface area (Å²) in [7, 11) is 0. The molecule has 29 heavy (non-hydrogen) atoms. The lowest BCUT2D eigenvalue weighted by molar-refractivity contribution is -0.149. The third-order valence-corrected chi connectivity index (χ3v) is 5.75. The number of carbonyl (C=O) groups is 3. The Morgan fingerprint density at radius 3 is 2.48 bits per heavy atom. The van der Waals surface area contributed by atoms with Gasteiger partial charge in [0.05, 0.1) is 6.10 Å². The molecule has 0 bridgehead atoms. The van der Waals surface area contributed by atoms with Crippen LogP contribution >= 0.6 is 0 Å². The summed E-state index contributed by atoms with van der Waals surface area (Å²) in [5, 5.41) is 0. The predicted molar refractivity (Wildman–Crippen MR) is 102 cm³/mol. The molecule has 0 N–H and O–H groups in total. The Morgan fingerprint density at radius 2 is 1.79 bits per heavy atom. The smallest absolute Gasteiger partial charge is 0.302 e. The van der Waals surface area contributed by atoms with E-state index < -0.39 is 11.8 Å². The van der Waals surface area contributed by atoms with E-state index in [4.69, 9.17) is 14.2 Å². The number of ether oxygens (including phenoxy) is 3. The summed E-state index contributed by atoms with van der Waals surface area (Å²) in [4.78, 5) is 37.9. The van der Waals surface area contributed by atoms with Crippen molar-refractivity contribution in [3.05, 3.63) is 69.3 Å². The van der Waals surface area contributed by atoms with Crippen molar-refractivity contribution in [3.8, 4) is 0 Å². The van der Waals surface area contributed by atoms with Crippen molar-refractivity contribution < 1.29 is 28.6 Å². The van der Waals surface area contributed by atoms with Crippen LogP contribution in [0.4, 0.5) is 0 Å². The van der Waals surface area contributed by atoms with Gasteiger partial charge in [0.25, 0.3) is 0 Å². The van der Waals surface area contributed by atoms with E-state index in [-0.39, 0.29) is 30.4 Å². The van der Waals surface area contributed by atoms with Crippen LogP contribution in [0.5, 0.6) is 0 Å². The lowest BCUT2D eigenvalue weighted by atomic mass is 9.79. The zero-order valence-corrected chi connectivity index (χ0v) is 16.4. The summed E-state index contributed by atoms with van der Waals surface area (Å²) in [5.41, 5.74) is 3.85. The minimum absolute atomic E-state index is 0.0150. The second-order valence-corrected chi connectivity index (χ2v) is 8.13. The van der Waals surface area contributed by atoms with Crippen molar-refractivity contribution in [2.24, 2.45) is 0 Å². The Bertz CT molecular complexity index is 1100. The molecule has 5 rings (SSSR count). The van der Waals surface area contributed by atoms with E-state index in [1.807, 2.05) is 13.8 Å². The number of fused-ring (bicyclic) bond motifs is 6. The van der Waals surface area contributed by atoms with E-state index in [1.165, 1.54) is 6.92 Å². The molecule has 2 aromatic rings. The second kappa shape index (κ2) is 6.08. The number of ketones is 2. The molecule has 0 radical (unpaired) electrons. The van der Waals surface area contributed by atoms with Gasteiger partial charge in [-0.3, -0.25) is 14.4 Å². The van der Waals surface area contributed by atoms with Gasteiger partial charge in [-0.1, -0.05) is 24.3 Å². The largest absolute Gasteiger partial charge is 0.461 e. The van der Waals surface area contributed by atoms with Gasteiger partial charge in [0.15, 0.2) is 17.4 Å². The highest BCUT2D eigenvalue weighted by Crippen LogP contribution is 2.50. The fourth-order valence-corrected chi connectivity index (χ4v) is 4.71. The Hall–Kier alpha value is -2.83. The first-order valence-electron chi connectivity index (χ1n) is 9.63. The van der Waals surface area contributed by atoms with Gasteiger partial charge in [-0.15, -0.1) is 0 Å². The molecule has 0 spiro atoms. The van der Waals surface area contributed by atoms with Gasteiger partial charge >= 0.3 is 5.97 Å². The van der Waals surface area contributed by atoms with Gasteiger partial charge in [0, 0.05) is 35.6 Å². The monoisotopic (exact) mass is 392 g/mol. The molecule has 2 aliphatic carbocycles. The van der Waals surface area contributed by atoms with Gasteiger partial charge in [-0.2, -0.15) is 0 Å². The number of rotatable bonds is 2. The SMILES string of the molecule is CC(=O)OCc1cc2c(c3c1C1OC(C)(C)OC1C3)C(=O)c1ccccc1C2=O. The molecular formula is C23H20O6.